The van der Waals surface area contributed by atoms with Gasteiger partial charge in [-0.25, -0.2) is 0 Å². The summed E-state index contributed by atoms with van der Waals surface area (Å²) in [4.78, 5) is 5.66. The zero-order valence-electron chi connectivity index (χ0n) is 12.9. The van der Waals surface area contributed by atoms with Gasteiger partial charge in [-0.05, 0) is 63.6 Å². The van der Waals surface area contributed by atoms with E-state index >= 15 is 0 Å². The molecule has 3 heteroatoms. The van der Waals surface area contributed by atoms with Gasteiger partial charge < -0.3 is 5.73 Å². The topological polar surface area (TPSA) is 29.3 Å². The molecule has 2 heterocycles. The molecule has 0 radical (unpaired) electrons. The lowest BCUT2D eigenvalue weighted by molar-refractivity contribution is 0.0276. The van der Waals surface area contributed by atoms with E-state index < -0.39 is 0 Å². The number of thiophene rings is 1. The Morgan fingerprint density at radius 1 is 1.25 bits per heavy atom. The van der Waals surface area contributed by atoms with Crippen molar-refractivity contribution in [2.24, 2.45) is 11.7 Å². The summed E-state index contributed by atoms with van der Waals surface area (Å²) in [6.07, 6.45) is 8.50. The summed E-state index contributed by atoms with van der Waals surface area (Å²) in [5.41, 5.74) is 7.70. The fourth-order valence-electron chi connectivity index (χ4n) is 4.47. The molecule has 0 spiro atoms. The molecule has 112 valence electrons. The van der Waals surface area contributed by atoms with Crippen LogP contribution in [-0.4, -0.2) is 24.0 Å². The molecule has 0 aromatic carbocycles. The molecule has 3 atom stereocenters. The Hall–Kier alpha value is -0.380. The fourth-order valence-corrected chi connectivity index (χ4v) is 5.45. The normalized spacial score (nSPS) is 29.1. The van der Waals surface area contributed by atoms with Crippen LogP contribution in [0.15, 0.2) is 6.07 Å². The first-order valence-corrected chi connectivity index (χ1v) is 9.05. The maximum absolute atomic E-state index is 6.20. The van der Waals surface area contributed by atoms with E-state index in [4.69, 9.17) is 5.73 Å². The van der Waals surface area contributed by atoms with Gasteiger partial charge in [-0.2, -0.15) is 0 Å². The maximum atomic E-state index is 6.20. The maximum Gasteiger partial charge on any atom is 0.0484 e. The van der Waals surface area contributed by atoms with Crippen LogP contribution in [0.4, 0.5) is 0 Å². The van der Waals surface area contributed by atoms with Crippen molar-refractivity contribution in [1.82, 2.24) is 4.90 Å². The molecule has 20 heavy (non-hydrogen) atoms. The third kappa shape index (κ3) is 2.68. The molecule has 3 rings (SSSR count). The predicted octanol–water partition coefficient (Wildman–Crippen LogP) is 4.02. The first-order valence-electron chi connectivity index (χ1n) is 8.23. The van der Waals surface area contributed by atoms with Crippen molar-refractivity contribution in [3.63, 3.8) is 0 Å². The number of hydrogen-bond acceptors (Lipinski definition) is 3. The molecule has 1 aliphatic heterocycles. The largest absolute Gasteiger partial charge is 0.329 e. The Balaban J connectivity index is 1.86. The third-order valence-electron chi connectivity index (χ3n) is 5.35. The van der Waals surface area contributed by atoms with Crippen LogP contribution in [-0.2, 0) is 0 Å². The molecule has 0 amide bonds. The first kappa shape index (κ1) is 14.6. The number of piperidine rings is 1. The van der Waals surface area contributed by atoms with Gasteiger partial charge in [-0.1, -0.05) is 12.8 Å². The van der Waals surface area contributed by atoms with Gasteiger partial charge in [0, 0.05) is 28.4 Å². The second-order valence-electron chi connectivity index (χ2n) is 6.61. The number of aryl methyl sites for hydroxylation is 2. The van der Waals surface area contributed by atoms with Crippen LogP contribution >= 0.6 is 11.3 Å². The van der Waals surface area contributed by atoms with E-state index in [1.807, 2.05) is 11.3 Å². The molecule has 2 aliphatic rings. The average molecular weight is 292 g/mol. The molecule has 1 aliphatic carbocycles. The van der Waals surface area contributed by atoms with E-state index in [9.17, 15) is 0 Å². The standard InChI is InChI=1S/C17H28N2S/c1-12-10-15(13(2)20-12)17(11-18)19-9-5-7-14-6-3-4-8-16(14)19/h10,14,16-17H,3-9,11,18H2,1-2H3. The van der Waals surface area contributed by atoms with Crippen molar-refractivity contribution in [3.8, 4) is 0 Å². The number of nitrogens with two attached hydrogens (primary N) is 1. The van der Waals surface area contributed by atoms with Gasteiger partial charge in [0.15, 0.2) is 0 Å². The Labute approximate surface area is 127 Å². The molecular weight excluding hydrogens is 264 g/mol. The van der Waals surface area contributed by atoms with Crippen LogP contribution in [0.3, 0.4) is 0 Å². The fraction of sp³-hybridized carbons (Fsp3) is 0.765. The van der Waals surface area contributed by atoms with Gasteiger partial charge >= 0.3 is 0 Å². The quantitative estimate of drug-likeness (QED) is 0.911. The highest BCUT2D eigenvalue weighted by Gasteiger charge is 2.37. The molecule has 2 nitrogen and oxygen atoms in total. The highest BCUT2D eigenvalue weighted by Crippen LogP contribution is 2.40. The third-order valence-corrected chi connectivity index (χ3v) is 6.33. The highest BCUT2D eigenvalue weighted by molar-refractivity contribution is 7.12. The lowest BCUT2D eigenvalue weighted by Gasteiger charge is -2.47. The van der Waals surface area contributed by atoms with Crippen molar-refractivity contribution >= 4 is 11.3 Å². The Morgan fingerprint density at radius 3 is 2.70 bits per heavy atom. The summed E-state index contributed by atoms with van der Waals surface area (Å²) >= 11 is 1.92. The van der Waals surface area contributed by atoms with Crippen molar-refractivity contribution in [3.05, 3.63) is 21.4 Å². The van der Waals surface area contributed by atoms with E-state index in [-0.39, 0.29) is 0 Å². The number of nitrogens with zero attached hydrogens (tertiary/aromatic N) is 1. The summed E-state index contributed by atoms with van der Waals surface area (Å²) < 4.78 is 0. The van der Waals surface area contributed by atoms with Crippen LogP contribution < -0.4 is 5.73 Å². The molecule has 1 saturated heterocycles. The Kier molecular flexibility index (Phi) is 4.49. The van der Waals surface area contributed by atoms with Crippen LogP contribution in [0, 0.1) is 19.8 Å². The molecule has 0 bridgehead atoms. The lowest BCUT2D eigenvalue weighted by atomic mass is 9.77. The Bertz CT molecular complexity index is 452. The summed E-state index contributed by atoms with van der Waals surface area (Å²) in [5.74, 6) is 0.937. The van der Waals surface area contributed by atoms with Gasteiger partial charge in [0.2, 0.25) is 0 Å². The van der Waals surface area contributed by atoms with Crippen molar-refractivity contribution in [1.29, 1.82) is 0 Å². The van der Waals surface area contributed by atoms with Gasteiger partial charge in [-0.3, -0.25) is 4.90 Å². The monoisotopic (exact) mass is 292 g/mol. The van der Waals surface area contributed by atoms with Gasteiger partial charge in [-0.15, -0.1) is 11.3 Å². The highest BCUT2D eigenvalue weighted by atomic mass is 32.1. The molecule has 1 aromatic rings. The zero-order chi connectivity index (χ0) is 14.1. The SMILES string of the molecule is Cc1cc(C(CN)N2CCCC3CCCCC32)c(C)s1. The summed E-state index contributed by atoms with van der Waals surface area (Å²) in [6, 6.07) is 3.63. The van der Waals surface area contributed by atoms with Crippen molar-refractivity contribution in [2.75, 3.05) is 13.1 Å². The summed E-state index contributed by atoms with van der Waals surface area (Å²) in [6.45, 7) is 6.49. The van der Waals surface area contributed by atoms with E-state index in [2.05, 4.69) is 24.8 Å². The average Bonchev–Trinajstić information content (AvgIpc) is 2.79. The number of hydrogen-bond donors (Lipinski definition) is 1. The van der Waals surface area contributed by atoms with Crippen LogP contribution in [0.5, 0.6) is 0 Å². The molecule has 1 aromatic heterocycles. The minimum atomic E-state index is 0.450. The second-order valence-corrected chi connectivity index (χ2v) is 8.07. The van der Waals surface area contributed by atoms with E-state index in [1.54, 1.807) is 0 Å². The van der Waals surface area contributed by atoms with Crippen molar-refractivity contribution < 1.29 is 0 Å². The number of rotatable bonds is 3. The zero-order valence-corrected chi connectivity index (χ0v) is 13.7. The van der Waals surface area contributed by atoms with Gasteiger partial charge in [0.25, 0.3) is 0 Å². The van der Waals surface area contributed by atoms with E-state index in [0.717, 1.165) is 18.5 Å². The first-order chi connectivity index (χ1) is 9.70. The predicted molar refractivity (Wildman–Crippen MR) is 87.3 cm³/mol. The van der Waals surface area contributed by atoms with Gasteiger partial charge in [0.1, 0.15) is 0 Å². The lowest BCUT2D eigenvalue weighted by Crippen LogP contribution is -2.50. The minimum Gasteiger partial charge on any atom is -0.329 e. The number of likely N-dealkylation sites (tertiary alicyclic amines) is 1. The van der Waals surface area contributed by atoms with Crippen LogP contribution in [0.2, 0.25) is 0 Å². The smallest absolute Gasteiger partial charge is 0.0484 e. The van der Waals surface area contributed by atoms with Crippen LogP contribution in [0.1, 0.15) is 59.9 Å². The Morgan fingerprint density at radius 2 is 2.00 bits per heavy atom. The molecule has 2 N–H and O–H groups in total. The minimum absolute atomic E-state index is 0.450. The summed E-state index contributed by atoms with van der Waals surface area (Å²) in [7, 11) is 0. The van der Waals surface area contributed by atoms with E-state index in [1.165, 1.54) is 60.4 Å². The molecular formula is C17H28N2S. The summed E-state index contributed by atoms with van der Waals surface area (Å²) in [5, 5.41) is 0. The van der Waals surface area contributed by atoms with Gasteiger partial charge in [0.05, 0.1) is 0 Å². The molecule has 3 unspecified atom stereocenters. The molecule has 2 fully saturated rings. The number of fused-ring (bicyclic) bond motifs is 1. The van der Waals surface area contributed by atoms with Crippen molar-refractivity contribution in [2.45, 2.75) is 64.5 Å². The van der Waals surface area contributed by atoms with Crippen LogP contribution in [0.25, 0.3) is 0 Å². The molecule has 1 saturated carbocycles. The second kappa shape index (κ2) is 6.17. The van der Waals surface area contributed by atoms with E-state index in [0.29, 0.717) is 6.04 Å².